The molecule has 0 saturated heterocycles. The van der Waals surface area contributed by atoms with Gasteiger partial charge in [0.05, 0.1) is 18.5 Å². The number of nitrogens with two attached hydrogens (primary N) is 1. The Balaban J connectivity index is 2.05. The molecule has 3 rings (SSSR count). The van der Waals surface area contributed by atoms with Gasteiger partial charge in [0.1, 0.15) is 10.7 Å². The Labute approximate surface area is 137 Å². The number of rotatable bonds is 5. The molecule has 0 unspecified atom stereocenters. The maximum absolute atomic E-state index is 11.7. The Morgan fingerprint density at radius 1 is 1.38 bits per heavy atom. The highest BCUT2D eigenvalue weighted by atomic mass is 32.2. The molecule has 126 valence electrons. The first-order valence-corrected chi connectivity index (χ1v) is 8.36. The topological polar surface area (TPSA) is 144 Å². The highest BCUT2D eigenvalue weighted by molar-refractivity contribution is 7.89. The third-order valence-corrected chi connectivity index (χ3v) is 4.11. The maximum atomic E-state index is 11.7. The fourth-order valence-electron chi connectivity index (χ4n) is 2.09. The van der Waals surface area contributed by atoms with Crippen LogP contribution in [-0.2, 0) is 16.6 Å². The van der Waals surface area contributed by atoms with Crippen molar-refractivity contribution in [1.82, 2.24) is 10.1 Å². The second-order valence-electron chi connectivity index (χ2n) is 5.00. The molecule has 4 N–H and O–H groups in total. The van der Waals surface area contributed by atoms with Gasteiger partial charge < -0.3 is 19.4 Å². The third-order valence-electron chi connectivity index (χ3n) is 3.19. The van der Waals surface area contributed by atoms with Gasteiger partial charge in [-0.2, -0.15) is 4.98 Å². The molecule has 0 fully saturated rings. The minimum atomic E-state index is -4.16. The second kappa shape index (κ2) is 5.98. The molecule has 0 spiro atoms. The number of sulfonamides is 1. The average molecular weight is 350 g/mol. The van der Waals surface area contributed by atoms with Crippen molar-refractivity contribution >= 4 is 15.7 Å². The van der Waals surface area contributed by atoms with Gasteiger partial charge in [-0.05, 0) is 31.2 Å². The van der Waals surface area contributed by atoms with E-state index in [-0.39, 0.29) is 18.1 Å². The number of hydrogen-bond donors (Lipinski definition) is 3. The fraction of sp³-hybridized carbons (Fsp3) is 0.143. The molecule has 24 heavy (non-hydrogen) atoms. The van der Waals surface area contributed by atoms with Crippen molar-refractivity contribution in [2.75, 3.05) is 5.32 Å². The first kappa shape index (κ1) is 16.0. The molecular weight excluding hydrogens is 336 g/mol. The van der Waals surface area contributed by atoms with Crippen LogP contribution in [0.25, 0.3) is 11.5 Å². The second-order valence-corrected chi connectivity index (χ2v) is 6.53. The van der Waals surface area contributed by atoms with Crippen LogP contribution in [0.3, 0.4) is 0 Å². The lowest BCUT2D eigenvalue weighted by Gasteiger charge is -2.12. The minimum Gasteiger partial charge on any atom is -0.504 e. The lowest BCUT2D eigenvalue weighted by molar-refractivity contribution is 0.425. The summed E-state index contributed by atoms with van der Waals surface area (Å²) in [5.74, 6) is 0.605. The van der Waals surface area contributed by atoms with Gasteiger partial charge in [-0.3, -0.25) is 0 Å². The molecule has 0 saturated carbocycles. The lowest BCUT2D eigenvalue weighted by Crippen LogP contribution is -2.13. The number of aromatic hydroxyl groups is 1. The van der Waals surface area contributed by atoms with Crippen LogP contribution < -0.4 is 10.5 Å². The first-order valence-electron chi connectivity index (χ1n) is 6.81. The number of primary sulfonamides is 1. The smallest absolute Gasteiger partial charge is 0.258 e. The number of aryl methyl sites for hydroxylation is 1. The zero-order valence-electron chi connectivity index (χ0n) is 12.6. The van der Waals surface area contributed by atoms with E-state index < -0.39 is 20.7 Å². The van der Waals surface area contributed by atoms with Crippen LogP contribution in [-0.4, -0.2) is 23.7 Å². The van der Waals surface area contributed by atoms with E-state index in [0.29, 0.717) is 17.1 Å². The summed E-state index contributed by atoms with van der Waals surface area (Å²) >= 11 is 0. The lowest BCUT2D eigenvalue weighted by atomic mass is 10.1. The van der Waals surface area contributed by atoms with Crippen LogP contribution in [0.15, 0.2) is 44.4 Å². The number of benzene rings is 1. The molecule has 3 aromatic rings. The summed E-state index contributed by atoms with van der Waals surface area (Å²) in [6.45, 7) is 1.86. The van der Waals surface area contributed by atoms with E-state index in [1.807, 2.05) is 0 Å². The first-order chi connectivity index (χ1) is 11.3. The van der Waals surface area contributed by atoms with Crippen LogP contribution in [0.1, 0.15) is 11.6 Å². The highest BCUT2D eigenvalue weighted by Crippen LogP contribution is 2.35. The average Bonchev–Trinajstić information content (AvgIpc) is 3.16. The third kappa shape index (κ3) is 3.24. The summed E-state index contributed by atoms with van der Waals surface area (Å²) in [6.07, 6.45) is 1.50. The zero-order chi connectivity index (χ0) is 17.3. The Morgan fingerprint density at radius 3 is 2.75 bits per heavy atom. The van der Waals surface area contributed by atoms with Crippen molar-refractivity contribution in [3.05, 3.63) is 42.1 Å². The van der Waals surface area contributed by atoms with Gasteiger partial charge >= 0.3 is 0 Å². The number of aromatic nitrogens is 2. The number of phenolic OH excluding ortho intramolecular Hbond substituents is 1. The largest absolute Gasteiger partial charge is 0.504 e. The predicted octanol–water partition coefficient (Wildman–Crippen LogP) is 1.60. The van der Waals surface area contributed by atoms with Gasteiger partial charge in [0.15, 0.2) is 11.6 Å². The number of furan rings is 1. The van der Waals surface area contributed by atoms with Gasteiger partial charge in [0, 0.05) is 5.56 Å². The predicted molar refractivity (Wildman–Crippen MR) is 83.5 cm³/mol. The summed E-state index contributed by atoms with van der Waals surface area (Å²) < 4.78 is 33.7. The maximum Gasteiger partial charge on any atom is 0.258 e. The molecule has 2 aromatic heterocycles. The zero-order valence-corrected chi connectivity index (χ0v) is 13.4. The van der Waals surface area contributed by atoms with Crippen LogP contribution in [0, 0.1) is 6.92 Å². The highest BCUT2D eigenvalue weighted by Gasteiger charge is 2.21. The Bertz CT molecular complexity index is 963. The van der Waals surface area contributed by atoms with Crippen molar-refractivity contribution in [1.29, 1.82) is 0 Å². The molecule has 1 aromatic carbocycles. The number of hydrogen-bond acceptors (Lipinski definition) is 8. The SMILES string of the molecule is Cc1noc(-c2cc(NCc3ccco3)c(O)c(S(N)(=O)=O)c2)n1. The number of anilines is 1. The standard InChI is InChI=1S/C14H14N4O5S/c1-8-17-14(23-18-8)9-5-11(16-7-10-3-2-4-22-10)13(19)12(6-9)24(15,20)21/h2-6,16,19H,7H2,1H3,(H2,15,20,21). The fourth-order valence-corrected chi connectivity index (χ4v) is 2.76. The van der Waals surface area contributed by atoms with Crippen LogP contribution in [0.5, 0.6) is 5.75 Å². The number of phenols is 1. The van der Waals surface area contributed by atoms with E-state index in [9.17, 15) is 13.5 Å². The van der Waals surface area contributed by atoms with E-state index in [1.54, 1.807) is 19.1 Å². The molecule has 9 nitrogen and oxygen atoms in total. The van der Waals surface area contributed by atoms with Crippen LogP contribution >= 0.6 is 0 Å². The summed E-state index contributed by atoms with van der Waals surface area (Å²) in [7, 11) is -4.16. The van der Waals surface area contributed by atoms with E-state index in [2.05, 4.69) is 15.5 Å². The van der Waals surface area contributed by atoms with Gasteiger partial charge in [0.2, 0.25) is 10.0 Å². The number of nitrogens with zero attached hydrogens (tertiary/aromatic N) is 2. The van der Waals surface area contributed by atoms with Gasteiger partial charge in [-0.25, -0.2) is 13.6 Å². The molecule has 0 aliphatic rings. The van der Waals surface area contributed by atoms with E-state index in [1.165, 1.54) is 18.4 Å². The molecule has 2 heterocycles. The Hall–Kier alpha value is -2.85. The van der Waals surface area contributed by atoms with Crippen molar-refractivity contribution in [2.45, 2.75) is 18.4 Å². The summed E-state index contributed by atoms with van der Waals surface area (Å²) in [5, 5.41) is 21.9. The summed E-state index contributed by atoms with van der Waals surface area (Å²) in [6, 6.07) is 6.11. The van der Waals surface area contributed by atoms with Crippen molar-refractivity contribution in [3.63, 3.8) is 0 Å². The molecule has 10 heteroatoms. The minimum absolute atomic E-state index is 0.110. The quantitative estimate of drug-likeness (QED) is 0.588. The van der Waals surface area contributed by atoms with E-state index in [0.717, 1.165) is 0 Å². The van der Waals surface area contributed by atoms with Crippen molar-refractivity contribution in [3.8, 4) is 17.2 Å². The van der Waals surface area contributed by atoms with Crippen molar-refractivity contribution in [2.24, 2.45) is 5.14 Å². The van der Waals surface area contributed by atoms with Crippen molar-refractivity contribution < 1.29 is 22.5 Å². The van der Waals surface area contributed by atoms with Crippen LogP contribution in [0.4, 0.5) is 5.69 Å². The van der Waals surface area contributed by atoms with Gasteiger partial charge in [0.25, 0.3) is 5.89 Å². The van der Waals surface area contributed by atoms with E-state index in [4.69, 9.17) is 14.1 Å². The molecular formula is C14H14N4O5S. The molecule has 0 atom stereocenters. The summed E-state index contributed by atoms with van der Waals surface area (Å²) in [5.41, 5.74) is 0.447. The van der Waals surface area contributed by atoms with Crippen LogP contribution in [0.2, 0.25) is 0 Å². The molecule has 0 bridgehead atoms. The molecule has 0 aliphatic carbocycles. The molecule has 0 amide bonds. The normalized spacial score (nSPS) is 11.6. The van der Waals surface area contributed by atoms with Gasteiger partial charge in [-0.1, -0.05) is 5.16 Å². The van der Waals surface area contributed by atoms with Gasteiger partial charge in [-0.15, -0.1) is 0 Å². The monoisotopic (exact) mass is 350 g/mol. The Morgan fingerprint density at radius 2 is 2.17 bits per heavy atom. The summed E-state index contributed by atoms with van der Waals surface area (Å²) in [4.78, 5) is 3.60. The molecule has 0 aliphatic heterocycles. The Kier molecular flexibility index (Phi) is 3.99. The number of nitrogens with one attached hydrogen (secondary N) is 1. The molecule has 0 radical (unpaired) electrons. The van der Waals surface area contributed by atoms with E-state index >= 15 is 0 Å².